The van der Waals surface area contributed by atoms with Crippen molar-refractivity contribution >= 4 is 5.97 Å². The van der Waals surface area contributed by atoms with Crippen LogP contribution in [0.25, 0.3) is 0 Å². The summed E-state index contributed by atoms with van der Waals surface area (Å²) in [6.45, 7) is 0.499. The molecule has 0 aliphatic rings. The molecule has 0 bridgehead atoms. The van der Waals surface area contributed by atoms with Crippen LogP contribution in [0.2, 0.25) is 0 Å². The van der Waals surface area contributed by atoms with Gasteiger partial charge in [-0.1, -0.05) is 5.92 Å². The zero-order chi connectivity index (χ0) is 12.7. The third kappa shape index (κ3) is 4.33. The minimum absolute atomic E-state index is 0.131. The van der Waals surface area contributed by atoms with Crippen LogP contribution < -0.4 is 0 Å². The molecule has 1 aromatic rings. The Bertz CT molecular complexity index is 485. The molecule has 0 saturated heterocycles. The van der Waals surface area contributed by atoms with Gasteiger partial charge in [-0.05, 0) is 17.7 Å². The maximum absolute atomic E-state index is 10.6. The summed E-state index contributed by atoms with van der Waals surface area (Å²) < 4.78 is 0. The van der Waals surface area contributed by atoms with E-state index in [1.165, 1.54) is 6.20 Å². The molecule has 0 atom stereocenters. The highest BCUT2D eigenvalue weighted by Crippen LogP contribution is 2.05. The molecule has 1 heterocycles. The molecule has 0 amide bonds. The number of pyridine rings is 1. The molecular weight excluding hydrogens is 218 g/mol. The molecule has 0 aliphatic carbocycles. The van der Waals surface area contributed by atoms with Gasteiger partial charge in [-0.3, -0.25) is 9.69 Å². The molecule has 0 fully saturated rings. The van der Waals surface area contributed by atoms with Gasteiger partial charge >= 0.3 is 5.97 Å². The summed E-state index contributed by atoms with van der Waals surface area (Å²) >= 11 is 0. The molecule has 5 heteroatoms. The molecular formula is C12H11N3O2. The number of nitriles is 1. The lowest BCUT2D eigenvalue weighted by atomic mass is 10.2. The van der Waals surface area contributed by atoms with Crippen molar-refractivity contribution in [2.45, 2.75) is 6.54 Å². The first kappa shape index (κ1) is 12.7. The molecule has 0 saturated carbocycles. The van der Waals surface area contributed by atoms with Crippen LogP contribution in [0.1, 0.15) is 11.3 Å². The molecule has 0 unspecified atom stereocenters. The average Bonchev–Trinajstić information content (AvgIpc) is 2.29. The number of carboxylic acid groups (broad SMARTS) is 1. The molecule has 17 heavy (non-hydrogen) atoms. The summed E-state index contributed by atoms with van der Waals surface area (Å²) in [5.41, 5.74) is 1.12. The second-order valence-electron chi connectivity index (χ2n) is 3.40. The number of aromatic nitrogens is 1. The third-order valence-electron chi connectivity index (χ3n) is 2.02. The van der Waals surface area contributed by atoms with Crippen molar-refractivity contribution in [1.29, 1.82) is 5.26 Å². The van der Waals surface area contributed by atoms with E-state index >= 15 is 0 Å². The topological polar surface area (TPSA) is 77.2 Å². The standard InChI is InChI=1S/C12H11N3O2/c1-2-5-15(9-12(16)17)8-10-3-4-14-11(6-10)7-13/h1,3-4,6H,5,8-9H2,(H,16,17). The van der Waals surface area contributed by atoms with E-state index in [2.05, 4.69) is 10.9 Å². The van der Waals surface area contributed by atoms with E-state index in [9.17, 15) is 4.79 Å². The highest BCUT2D eigenvalue weighted by molar-refractivity contribution is 5.69. The van der Waals surface area contributed by atoms with Gasteiger partial charge in [0.15, 0.2) is 0 Å². The van der Waals surface area contributed by atoms with Gasteiger partial charge in [0, 0.05) is 12.7 Å². The molecule has 1 aromatic heterocycles. The Hall–Kier alpha value is -2.37. The second-order valence-corrected chi connectivity index (χ2v) is 3.40. The van der Waals surface area contributed by atoms with Crippen molar-refractivity contribution in [3.63, 3.8) is 0 Å². The predicted octanol–water partition coefficient (Wildman–Crippen LogP) is 0.473. The van der Waals surface area contributed by atoms with E-state index in [0.29, 0.717) is 12.2 Å². The monoisotopic (exact) mass is 229 g/mol. The molecule has 5 nitrogen and oxygen atoms in total. The number of carboxylic acids is 1. The Morgan fingerprint density at radius 2 is 2.41 bits per heavy atom. The number of nitrogens with zero attached hydrogens (tertiary/aromatic N) is 3. The van der Waals surface area contributed by atoms with Crippen LogP contribution in [-0.4, -0.2) is 34.0 Å². The largest absolute Gasteiger partial charge is 0.480 e. The summed E-state index contributed by atoms with van der Waals surface area (Å²) in [5, 5.41) is 17.4. The molecule has 86 valence electrons. The molecule has 0 spiro atoms. The summed E-state index contributed by atoms with van der Waals surface area (Å²) in [4.78, 5) is 16.1. The first-order chi connectivity index (χ1) is 8.15. The SMILES string of the molecule is C#CCN(CC(=O)O)Cc1ccnc(C#N)c1. The Labute approximate surface area is 99.3 Å². The van der Waals surface area contributed by atoms with Crippen LogP contribution >= 0.6 is 0 Å². The summed E-state index contributed by atoms with van der Waals surface area (Å²) in [6, 6.07) is 5.27. The zero-order valence-corrected chi connectivity index (χ0v) is 9.13. The van der Waals surface area contributed by atoms with E-state index in [0.717, 1.165) is 5.56 Å². The molecule has 0 aliphatic heterocycles. The van der Waals surface area contributed by atoms with Crippen molar-refractivity contribution in [2.24, 2.45) is 0 Å². The van der Waals surface area contributed by atoms with Crippen molar-refractivity contribution in [1.82, 2.24) is 9.88 Å². The summed E-state index contributed by atoms with van der Waals surface area (Å²) in [6.07, 6.45) is 6.68. The Balaban J connectivity index is 2.75. The maximum Gasteiger partial charge on any atom is 0.317 e. The highest BCUT2D eigenvalue weighted by Gasteiger charge is 2.09. The lowest BCUT2D eigenvalue weighted by Crippen LogP contribution is -2.29. The third-order valence-corrected chi connectivity index (χ3v) is 2.02. The fourth-order valence-corrected chi connectivity index (χ4v) is 1.38. The fourth-order valence-electron chi connectivity index (χ4n) is 1.38. The molecule has 0 radical (unpaired) electrons. The number of aliphatic carboxylic acids is 1. The van der Waals surface area contributed by atoms with Crippen LogP contribution in [0, 0.1) is 23.7 Å². The lowest BCUT2D eigenvalue weighted by Gasteiger charge is -2.17. The van der Waals surface area contributed by atoms with E-state index in [4.69, 9.17) is 16.8 Å². The Kier molecular flexibility index (Phi) is 4.68. The first-order valence-corrected chi connectivity index (χ1v) is 4.88. The van der Waals surface area contributed by atoms with Gasteiger partial charge < -0.3 is 5.11 Å². The fraction of sp³-hybridized carbons (Fsp3) is 0.250. The molecule has 0 aromatic carbocycles. The van der Waals surface area contributed by atoms with Gasteiger partial charge in [0.1, 0.15) is 11.8 Å². The second kappa shape index (κ2) is 6.26. The van der Waals surface area contributed by atoms with E-state index in [1.807, 2.05) is 6.07 Å². The van der Waals surface area contributed by atoms with Crippen molar-refractivity contribution in [3.8, 4) is 18.4 Å². The number of rotatable bonds is 5. The minimum Gasteiger partial charge on any atom is -0.480 e. The van der Waals surface area contributed by atoms with E-state index < -0.39 is 5.97 Å². The number of hydrogen-bond acceptors (Lipinski definition) is 4. The summed E-state index contributed by atoms with van der Waals surface area (Å²) in [7, 11) is 0. The minimum atomic E-state index is -0.935. The maximum atomic E-state index is 10.6. The van der Waals surface area contributed by atoms with Crippen LogP contribution in [0.4, 0.5) is 0 Å². The van der Waals surface area contributed by atoms with Crippen LogP contribution in [0.3, 0.4) is 0 Å². The lowest BCUT2D eigenvalue weighted by molar-refractivity contribution is -0.138. The average molecular weight is 229 g/mol. The van der Waals surface area contributed by atoms with E-state index in [-0.39, 0.29) is 13.1 Å². The number of terminal acetylenes is 1. The van der Waals surface area contributed by atoms with Crippen molar-refractivity contribution in [3.05, 3.63) is 29.6 Å². The van der Waals surface area contributed by atoms with Crippen LogP contribution in [0.15, 0.2) is 18.3 Å². The van der Waals surface area contributed by atoms with Gasteiger partial charge in [-0.2, -0.15) is 5.26 Å². The Morgan fingerprint density at radius 1 is 1.65 bits per heavy atom. The normalized spacial score (nSPS) is 9.59. The number of carbonyl (C=O) groups is 1. The number of hydrogen-bond donors (Lipinski definition) is 1. The van der Waals surface area contributed by atoms with Gasteiger partial charge in [-0.15, -0.1) is 6.42 Å². The summed E-state index contributed by atoms with van der Waals surface area (Å²) in [5.74, 6) is 1.47. The highest BCUT2D eigenvalue weighted by atomic mass is 16.4. The van der Waals surface area contributed by atoms with Crippen molar-refractivity contribution < 1.29 is 9.90 Å². The van der Waals surface area contributed by atoms with Gasteiger partial charge in [-0.25, -0.2) is 4.98 Å². The molecule has 1 N–H and O–H groups in total. The predicted molar refractivity (Wildman–Crippen MR) is 60.7 cm³/mol. The first-order valence-electron chi connectivity index (χ1n) is 4.88. The van der Waals surface area contributed by atoms with Gasteiger partial charge in [0.2, 0.25) is 0 Å². The quantitative estimate of drug-likeness (QED) is 0.743. The van der Waals surface area contributed by atoms with Gasteiger partial charge in [0.05, 0.1) is 13.1 Å². The molecule has 1 rings (SSSR count). The van der Waals surface area contributed by atoms with Crippen LogP contribution in [-0.2, 0) is 11.3 Å². The van der Waals surface area contributed by atoms with Gasteiger partial charge in [0.25, 0.3) is 0 Å². The zero-order valence-electron chi connectivity index (χ0n) is 9.13. The Morgan fingerprint density at radius 3 is 3.00 bits per heavy atom. The van der Waals surface area contributed by atoms with E-state index in [1.54, 1.807) is 17.0 Å². The smallest absolute Gasteiger partial charge is 0.317 e. The van der Waals surface area contributed by atoms with Crippen LogP contribution in [0.5, 0.6) is 0 Å². The van der Waals surface area contributed by atoms with Crippen molar-refractivity contribution in [2.75, 3.05) is 13.1 Å².